The molecule has 0 aliphatic carbocycles. The Labute approximate surface area is 196 Å². The highest BCUT2D eigenvalue weighted by molar-refractivity contribution is 5.95. The van der Waals surface area contributed by atoms with Gasteiger partial charge in [-0.25, -0.2) is 0 Å². The summed E-state index contributed by atoms with van der Waals surface area (Å²) >= 11 is 0. The Morgan fingerprint density at radius 3 is 2.61 bits per heavy atom. The second-order valence-corrected chi connectivity index (χ2v) is 9.56. The largest absolute Gasteiger partial charge is 0.494 e. The van der Waals surface area contributed by atoms with Crippen molar-refractivity contribution in [2.45, 2.75) is 65.8 Å². The summed E-state index contributed by atoms with van der Waals surface area (Å²) in [4.78, 5) is 19.0. The molecule has 1 aromatic heterocycles. The molecule has 0 bridgehead atoms. The quantitative estimate of drug-likeness (QED) is 0.556. The Morgan fingerprint density at radius 1 is 1.27 bits per heavy atom. The van der Waals surface area contributed by atoms with Gasteiger partial charge >= 0.3 is 6.01 Å². The number of nitrogens with zero attached hydrogens (tertiary/aromatic N) is 3. The van der Waals surface area contributed by atoms with Crippen LogP contribution in [0.4, 0.5) is 6.01 Å². The van der Waals surface area contributed by atoms with Crippen molar-refractivity contribution in [3.63, 3.8) is 0 Å². The first-order chi connectivity index (χ1) is 15.8. The molecule has 0 radical (unpaired) electrons. The van der Waals surface area contributed by atoms with Gasteiger partial charge in [0.15, 0.2) is 5.82 Å². The summed E-state index contributed by atoms with van der Waals surface area (Å²) in [6.45, 7) is 12.5. The number of amides is 1. The van der Waals surface area contributed by atoms with E-state index in [0.717, 1.165) is 49.5 Å². The fourth-order valence-corrected chi connectivity index (χ4v) is 4.18. The zero-order chi connectivity index (χ0) is 24.0. The normalized spacial score (nSPS) is 16.6. The minimum absolute atomic E-state index is 0.0841. The third kappa shape index (κ3) is 6.69. The number of anilines is 1. The number of rotatable bonds is 10. The van der Waals surface area contributed by atoms with Crippen LogP contribution in [-0.4, -0.2) is 53.5 Å². The molecular weight excluding hydrogens is 420 g/mol. The van der Waals surface area contributed by atoms with Crippen LogP contribution in [0.25, 0.3) is 0 Å². The Bertz CT molecular complexity index is 906. The number of aryl methyl sites for hydroxylation is 1. The average molecular weight is 459 g/mol. The first-order valence-electron chi connectivity index (χ1n) is 12.0. The van der Waals surface area contributed by atoms with Crippen LogP contribution >= 0.6 is 0 Å². The number of aliphatic hydroxyl groups is 1. The Morgan fingerprint density at radius 2 is 2.00 bits per heavy atom. The van der Waals surface area contributed by atoms with Crippen LogP contribution in [0.1, 0.15) is 74.6 Å². The third-order valence-electron chi connectivity index (χ3n) is 6.50. The van der Waals surface area contributed by atoms with Gasteiger partial charge in [-0.1, -0.05) is 25.9 Å². The molecule has 0 saturated carbocycles. The summed E-state index contributed by atoms with van der Waals surface area (Å²) in [7, 11) is 0. The molecule has 3 rings (SSSR count). The summed E-state index contributed by atoms with van der Waals surface area (Å²) in [5.41, 5.74) is 1.46. The first kappa shape index (κ1) is 25.0. The van der Waals surface area contributed by atoms with E-state index in [1.165, 1.54) is 0 Å². The molecule has 182 valence electrons. The monoisotopic (exact) mass is 458 g/mol. The highest BCUT2D eigenvalue weighted by Gasteiger charge is 2.26. The van der Waals surface area contributed by atoms with Gasteiger partial charge in [0.1, 0.15) is 5.75 Å². The number of ether oxygens (including phenoxy) is 1. The third-order valence-corrected chi connectivity index (χ3v) is 6.50. The van der Waals surface area contributed by atoms with E-state index < -0.39 is 0 Å². The van der Waals surface area contributed by atoms with Crippen molar-refractivity contribution in [1.82, 2.24) is 15.5 Å². The van der Waals surface area contributed by atoms with Crippen LogP contribution in [-0.2, 0) is 0 Å². The standard InChI is InChI=1S/C25H38N4O4/c1-16(2)23-27-25(33-28-23)29-11-8-20(9-12-29)17(3)10-13-32-21-6-7-22(18(4)14-21)24(31)26-19(5)15-30/h6-7,14,16-17,19-20,30H,8-13,15H2,1-5H3,(H,26,31)/t17?,19-/m1/s1. The summed E-state index contributed by atoms with van der Waals surface area (Å²) in [5, 5.41) is 16.0. The SMILES string of the molecule is Cc1cc(OCCC(C)C2CCN(c3nc(C(C)C)no3)CC2)ccc1C(=O)N[C@H](C)CO. The molecule has 1 aliphatic heterocycles. The highest BCUT2D eigenvalue weighted by atomic mass is 16.5. The lowest BCUT2D eigenvalue weighted by molar-refractivity contribution is 0.0921. The van der Waals surface area contributed by atoms with Crippen molar-refractivity contribution in [3.05, 3.63) is 35.2 Å². The Hall–Kier alpha value is -2.61. The zero-order valence-electron chi connectivity index (χ0n) is 20.5. The van der Waals surface area contributed by atoms with Crippen LogP contribution in [0.3, 0.4) is 0 Å². The topological polar surface area (TPSA) is 101 Å². The van der Waals surface area contributed by atoms with E-state index in [9.17, 15) is 4.79 Å². The van der Waals surface area contributed by atoms with E-state index >= 15 is 0 Å². The van der Waals surface area contributed by atoms with Gasteiger partial charge in [-0.2, -0.15) is 4.98 Å². The van der Waals surface area contributed by atoms with E-state index in [1.807, 2.05) is 19.1 Å². The highest BCUT2D eigenvalue weighted by Crippen LogP contribution is 2.30. The van der Waals surface area contributed by atoms with E-state index in [1.54, 1.807) is 13.0 Å². The molecule has 8 nitrogen and oxygen atoms in total. The van der Waals surface area contributed by atoms with Gasteiger partial charge in [0.05, 0.1) is 13.2 Å². The molecule has 0 spiro atoms. The van der Waals surface area contributed by atoms with Crippen molar-refractivity contribution in [2.24, 2.45) is 11.8 Å². The van der Waals surface area contributed by atoms with Gasteiger partial charge in [0, 0.05) is 30.6 Å². The lowest BCUT2D eigenvalue weighted by Gasteiger charge is -2.33. The summed E-state index contributed by atoms with van der Waals surface area (Å²) in [5.74, 6) is 2.85. The van der Waals surface area contributed by atoms with Gasteiger partial charge in [0.2, 0.25) is 0 Å². The van der Waals surface area contributed by atoms with E-state index in [0.29, 0.717) is 30.0 Å². The molecule has 33 heavy (non-hydrogen) atoms. The number of aliphatic hydroxyl groups excluding tert-OH is 1. The fraction of sp³-hybridized carbons (Fsp3) is 0.640. The molecule has 1 fully saturated rings. The number of hydrogen-bond acceptors (Lipinski definition) is 7. The zero-order valence-corrected chi connectivity index (χ0v) is 20.5. The Balaban J connectivity index is 1.42. The van der Waals surface area contributed by atoms with Gasteiger partial charge in [0.25, 0.3) is 5.91 Å². The van der Waals surface area contributed by atoms with Crippen molar-refractivity contribution in [3.8, 4) is 5.75 Å². The molecule has 8 heteroatoms. The summed E-state index contributed by atoms with van der Waals surface area (Å²) in [6.07, 6.45) is 3.20. The summed E-state index contributed by atoms with van der Waals surface area (Å²) < 4.78 is 11.4. The molecule has 1 unspecified atom stereocenters. The second kappa shape index (κ2) is 11.5. The molecule has 2 heterocycles. The number of aromatic nitrogens is 2. The van der Waals surface area contributed by atoms with E-state index in [4.69, 9.17) is 14.4 Å². The minimum atomic E-state index is -0.272. The number of piperidine rings is 1. The van der Waals surface area contributed by atoms with Crippen LogP contribution in [0.5, 0.6) is 5.75 Å². The van der Waals surface area contributed by atoms with Crippen molar-refractivity contribution >= 4 is 11.9 Å². The number of carbonyl (C=O) groups is 1. The van der Waals surface area contributed by atoms with Gasteiger partial charge in [-0.15, -0.1) is 0 Å². The number of nitrogens with one attached hydrogen (secondary N) is 1. The van der Waals surface area contributed by atoms with Crippen molar-refractivity contribution in [2.75, 3.05) is 31.2 Å². The molecule has 2 N–H and O–H groups in total. The van der Waals surface area contributed by atoms with Gasteiger partial charge < -0.3 is 24.6 Å². The lowest BCUT2D eigenvalue weighted by Crippen LogP contribution is -2.36. The number of benzene rings is 1. The Kier molecular flexibility index (Phi) is 8.72. The molecule has 2 atom stereocenters. The lowest BCUT2D eigenvalue weighted by atomic mass is 9.84. The molecular formula is C25H38N4O4. The predicted octanol–water partition coefficient (Wildman–Crippen LogP) is 3.93. The van der Waals surface area contributed by atoms with Gasteiger partial charge in [-0.05, 0) is 68.7 Å². The van der Waals surface area contributed by atoms with Crippen LogP contribution < -0.4 is 15.0 Å². The fourth-order valence-electron chi connectivity index (χ4n) is 4.18. The van der Waals surface area contributed by atoms with Gasteiger partial charge in [-0.3, -0.25) is 4.79 Å². The molecule has 1 amide bonds. The maximum atomic E-state index is 12.3. The summed E-state index contributed by atoms with van der Waals surface area (Å²) in [6, 6.07) is 5.89. The molecule has 1 saturated heterocycles. The van der Waals surface area contributed by atoms with E-state index in [-0.39, 0.29) is 24.5 Å². The molecule has 1 aromatic carbocycles. The van der Waals surface area contributed by atoms with Crippen molar-refractivity contribution < 1.29 is 19.2 Å². The molecule has 2 aromatic rings. The van der Waals surface area contributed by atoms with Crippen LogP contribution in [0.2, 0.25) is 0 Å². The van der Waals surface area contributed by atoms with Crippen LogP contribution in [0, 0.1) is 18.8 Å². The maximum absolute atomic E-state index is 12.3. The minimum Gasteiger partial charge on any atom is -0.494 e. The van der Waals surface area contributed by atoms with Crippen LogP contribution in [0.15, 0.2) is 22.7 Å². The number of hydrogen-bond donors (Lipinski definition) is 2. The van der Waals surface area contributed by atoms with Crippen molar-refractivity contribution in [1.29, 1.82) is 0 Å². The van der Waals surface area contributed by atoms with E-state index in [2.05, 4.69) is 41.1 Å². The average Bonchev–Trinajstić information content (AvgIpc) is 3.30. The smallest absolute Gasteiger partial charge is 0.324 e. The number of carbonyl (C=O) groups excluding carboxylic acids is 1. The first-order valence-corrected chi connectivity index (χ1v) is 12.0. The molecule has 1 aliphatic rings. The second-order valence-electron chi connectivity index (χ2n) is 9.56. The maximum Gasteiger partial charge on any atom is 0.324 e. The predicted molar refractivity (Wildman–Crippen MR) is 128 cm³/mol.